The maximum atomic E-state index is 12.6. The Morgan fingerprint density at radius 1 is 0.852 bits per heavy atom. The van der Waals surface area contributed by atoms with E-state index < -0.39 is 47.9 Å². The van der Waals surface area contributed by atoms with Gasteiger partial charge < -0.3 is 26.8 Å². The molecule has 0 spiro atoms. The third-order valence-electron chi connectivity index (χ3n) is 4.58. The van der Waals surface area contributed by atoms with Crippen molar-refractivity contribution >= 4 is 23.7 Å². The number of nitrogens with one attached hydrogen (secondary N) is 3. The Kier molecular flexibility index (Phi) is 10.6. The molecule has 9 heteroatoms. The summed E-state index contributed by atoms with van der Waals surface area (Å²) in [6.45, 7) is 10.3. The first-order valence-corrected chi connectivity index (χ1v) is 9.35. The first kappa shape index (κ1) is 24.8. The highest BCUT2D eigenvalue weighted by Gasteiger charge is 2.31. The first-order valence-electron chi connectivity index (χ1n) is 9.35. The number of carboxylic acids is 1. The summed E-state index contributed by atoms with van der Waals surface area (Å²) >= 11 is 0. The number of hydrogen-bond acceptors (Lipinski definition) is 5. The fraction of sp³-hybridized carbons (Fsp3) is 0.778. The van der Waals surface area contributed by atoms with Crippen LogP contribution in [0.15, 0.2) is 0 Å². The lowest BCUT2D eigenvalue weighted by molar-refractivity contribution is -0.142. The minimum Gasteiger partial charge on any atom is -0.480 e. The van der Waals surface area contributed by atoms with E-state index in [1.165, 1.54) is 6.92 Å². The van der Waals surface area contributed by atoms with Gasteiger partial charge in [-0.2, -0.15) is 0 Å². The summed E-state index contributed by atoms with van der Waals surface area (Å²) in [4.78, 5) is 48.1. The molecule has 5 atom stereocenters. The molecule has 27 heavy (non-hydrogen) atoms. The molecule has 0 rings (SSSR count). The van der Waals surface area contributed by atoms with Crippen LogP contribution in [0.2, 0.25) is 0 Å². The predicted octanol–water partition coefficient (Wildman–Crippen LogP) is -0.0153. The third-order valence-corrected chi connectivity index (χ3v) is 4.58. The smallest absolute Gasteiger partial charge is 0.325 e. The Bertz CT molecular complexity index is 538. The average Bonchev–Trinajstić information content (AvgIpc) is 2.61. The Hall–Kier alpha value is -2.16. The summed E-state index contributed by atoms with van der Waals surface area (Å²) < 4.78 is 0. The molecule has 0 aromatic rings. The normalized spacial score (nSPS) is 16.6. The number of hydrogen-bond donors (Lipinski definition) is 5. The van der Waals surface area contributed by atoms with Crippen LogP contribution in [-0.2, 0) is 19.2 Å². The third kappa shape index (κ3) is 7.94. The molecule has 0 saturated carbocycles. The second-order valence-electron chi connectivity index (χ2n) is 7.18. The Balaban J connectivity index is 5.17. The fourth-order valence-corrected chi connectivity index (χ4v) is 2.24. The molecule has 9 nitrogen and oxygen atoms in total. The lowest BCUT2D eigenvalue weighted by Crippen LogP contribution is -2.58. The summed E-state index contributed by atoms with van der Waals surface area (Å²) in [6, 6.07) is -3.56. The van der Waals surface area contributed by atoms with Gasteiger partial charge in [0.25, 0.3) is 0 Å². The van der Waals surface area contributed by atoms with Gasteiger partial charge in [0.15, 0.2) is 0 Å². The van der Waals surface area contributed by atoms with E-state index in [4.69, 9.17) is 10.8 Å². The summed E-state index contributed by atoms with van der Waals surface area (Å²) in [7, 11) is 0. The highest BCUT2D eigenvalue weighted by atomic mass is 16.4. The molecule has 0 aliphatic heterocycles. The average molecular weight is 386 g/mol. The van der Waals surface area contributed by atoms with Crippen LogP contribution in [0.1, 0.15) is 54.4 Å². The largest absolute Gasteiger partial charge is 0.480 e. The van der Waals surface area contributed by atoms with Crippen molar-refractivity contribution in [2.45, 2.75) is 78.6 Å². The summed E-state index contributed by atoms with van der Waals surface area (Å²) in [5.74, 6) is -2.99. The topological polar surface area (TPSA) is 151 Å². The minimum atomic E-state index is -1.17. The molecule has 0 aliphatic rings. The maximum absolute atomic E-state index is 12.6. The van der Waals surface area contributed by atoms with Gasteiger partial charge in [0.05, 0.1) is 6.04 Å². The zero-order valence-electron chi connectivity index (χ0n) is 17.0. The SMILES string of the molecule is CC[C@H](NC(=O)[C@@H](N)C(C)C)C(=O)N[C@H](C(=O)N[C@@H](C)C(=O)O)[C@@H](C)CC. The van der Waals surface area contributed by atoms with E-state index in [1.807, 2.05) is 6.92 Å². The molecule has 3 amide bonds. The molecule has 0 bridgehead atoms. The number of carbonyl (C=O) groups excluding carboxylic acids is 3. The molecule has 0 fully saturated rings. The Morgan fingerprint density at radius 3 is 1.81 bits per heavy atom. The lowest BCUT2D eigenvalue weighted by atomic mass is 9.97. The van der Waals surface area contributed by atoms with E-state index in [0.29, 0.717) is 12.8 Å². The molecule has 0 aromatic heterocycles. The molecule has 0 saturated heterocycles. The van der Waals surface area contributed by atoms with E-state index in [0.717, 1.165) is 0 Å². The second-order valence-corrected chi connectivity index (χ2v) is 7.18. The van der Waals surface area contributed by atoms with Crippen molar-refractivity contribution in [2.75, 3.05) is 0 Å². The number of rotatable bonds is 11. The highest BCUT2D eigenvalue weighted by molar-refractivity contribution is 5.94. The van der Waals surface area contributed by atoms with Gasteiger partial charge >= 0.3 is 5.97 Å². The van der Waals surface area contributed by atoms with Gasteiger partial charge in [0.2, 0.25) is 17.7 Å². The van der Waals surface area contributed by atoms with Crippen LogP contribution in [0.4, 0.5) is 0 Å². The molecule has 0 radical (unpaired) electrons. The molecular weight excluding hydrogens is 352 g/mol. The molecule has 6 N–H and O–H groups in total. The van der Waals surface area contributed by atoms with Crippen LogP contribution in [0, 0.1) is 11.8 Å². The van der Waals surface area contributed by atoms with E-state index in [9.17, 15) is 19.2 Å². The Labute approximate surface area is 160 Å². The van der Waals surface area contributed by atoms with Crippen molar-refractivity contribution in [3.63, 3.8) is 0 Å². The van der Waals surface area contributed by atoms with Crippen LogP contribution < -0.4 is 21.7 Å². The predicted molar refractivity (Wildman–Crippen MR) is 102 cm³/mol. The van der Waals surface area contributed by atoms with Crippen molar-refractivity contribution in [1.29, 1.82) is 0 Å². The van der Waals surface area contributed by atoms with Gasteiger partial charge in [0.1, 0.15) is 18.1 Å². The van der Waals surface area contributed by atoms with Gasteiger partial charge in [0, 0.05) is 0 Å². The Morgan fingerprint density at radius 2 is 1.41 bits per heavy atom. The monoisotopic (exact) mass is 386 g/mol. The van der Waals surface area contributed by atoms with Gasteiger partial charge in [-0.1, -0.05) is 41.0 Å². The van der Waals surface area contributed by atoms with Crippen LogP contribution >= 0.6 is 0 Å². The number of amides is 3. The van der Waals surface area contributed by atoms with Crippen LogP contribution in [-0.4, -0.2) is 53.0 Å². The van der Waals surface area contributed by atoms with Crippen molar-refractivity contribution < 1.29 is 24.3 Å². The number of carbonyl (C=O) groups is 4. The van der Waals surface area contributed by atoms with Crippen molar-refractivity contribution in [3.05, 3.63) is 0 Å². The van der Waals surface area contributed by atoms with Crippen LogP contribution in [0.3, 0.4) is 0 Å². The molecule has 0 aromatic carbocycles. The lowest BCUT2D eigenvalue weighted by Gasteiger charge is -2.27. The summed E-state index contributed by atoms with van der Waals surface area (Å²) in [6.07, 6.45) is 0.921. The van der Waals surface area contributed by atoms with E-state index in [-0.39, 0.29) is 11.8 Å². The standard InChI is InChI=1S/C18H34N4O5/c1-7-10(5)14(17(25)20-11(6)18(26)27)22-15(23)12(8-2)21-16(24)13(19)9(3)4/h9-14H,7-8,19H2,1-6H3,(H,20,25)(H,21,24)(H,22,23)(H,26,27)/t10-,11-,12-,13-,14-/m0/s1. The maximum Gasteiger partial charge on any atom is 0.325 e. The fourth-order valence-electron chi connectivity index (χ4n) is 2.24. The number of aliphatic carboxylic acids is 1. The highest BCUT2D eigenvalue weighted by Crippen LogP contribution is 2.09. The first-order chi connectivity index (χ1) is 12.5. The van der Waals surface area contributed by atoms with Gasteiger partial charge in [-0.25, -0.2) is 0 Å². The van der Waals surface area contributed by atoms with Crippen molar-refractivity contribution in [3.8, 4) is 0 Å². The van der Waals surface area contributed by atoms with Gasteiger partial charge in [-0.15, -0.1) is 0 Å². The molecule has 0 unspecified atom stereocenters. The number of nitrogens with two attached hydrogens (primary N) is 1. The molecule has 0 aliphatic carbocycles. The zero-order valence-corrected chi connectivity index (χ0v) is 17.0. The summed E-state index contributed by atoms with van der Waals surface area (Å²) in [5.41, 5.74) is 5.80. The van der Waals surface area contributed by atoms with Crippen LogP contribution in [0.25, 0.3) is 0 Å². The summed E-state index contributed by atoms with van der Waals surface area (Å²) in [5, 5.41) is 16.6. The molecule has 0 heterocycles. The quantitative estimate of drug-likeness (QED) is 0.337. The van der Waals surface area contributed by atoms with Crippen molar-refractivity contribution in [1.82, 2.24) is 16.0 Å². The van der Waals surface area contributed by atoms with Gasteiger partial charge in [-0.05, 0) is 25.2 Å². The van der Waals surface area contributed by atoms with Gasteiger partial charge in [-0.3, -0.25) is 19.2 Å². The zero-order chi connectivity index (χ0) is 21.3. The minimum absolute atomic E-state index is 0.0817. The second kappa shape index (κ2) is 11.5. The molecule has 156 valence electrons. The van der Waals surface area contributed by atoms with E-state index in [1.54, 1.807) is 27.7 Å². The van der Waals surface area contributed by atoms with E-state index in [2.05, 4.69) is 16.0 Å². The van der Waals surface area contributed by atoms with Crippen molar-refractivity contribution in [2.24, 2.45) is 17.6 Å². The van der Waals surface area contributed by atoms with E-state index >= 15 is 0 Å². The molecular formula is C18H34N4O5. The van der Waals surface area contributed by atoms with Crippen LogP contribution in [0.5, 0.6) is 0 Å². The number of carboxylic acid groups (broad SMARTS) is 1.